The summed E-state index contributed by atoms with van der Waals surface area (Å²) < 4.78 is 0. The number of aromatic nitrogens is 1. The lowest BCUT2D eigenvalue weighted by Crippen LogP contribution is -2.64. The molecule has 3 heterocycles. The zero-order valence-electron chi connectivity index (χ0n) is 58.7. The number of para-hydroxylation sites is 1. The van der Waals surface area contributed by atoms with Gasteiger partial charge >= 0.3 is 0 Å². The Kier molecular flexibility index (Phi) is 34.0. The zero-order chi connectivity index (χ0) is 71.2. The molecule has 2 unspecified atom stereocenters. The highest BCUT2D eigenvalue weighted by atomic mass is 16.2. The fraction of sp³-hybridized carbons (Fsp3) is 0.662. The predicted molar refractivity (Wildman–Crippen MR) is 373 cm³/mol. The summed E-state index contributed by atoms with van der Waals surface area (Å²) in [4.78, 5) is 161. The average Bonchev–Trinajstić information content (AvgIpc) is 1.26. The number of hydrogen-bond donors (Lipinski definition) is 14. The molecule has 25 nitrogen and oxygen atoms in total. The van der Waals surface area contributed by atoms with Crippen molar-refractivity contribution in [3.8, 4) is 0 Å². The second-order valence-corrected chi connectivity index (χ2v) is 28.1. The first kappa shape index (κ1) is 81.0. The second kappa shape index (κ2) is 40.3. The van der Waals surface area contributed by atoms with Crippen LogP contribution in [-0.4, -0.2) is 148 Å². The molecular weight excluding hydrogens is 1220 g/mol. The largest absolute Gasteiger partial charge is 0.370 e. The summed E-state index contributed by atoms with van der Waals surface area (Å²) in [5.74, 6) is -8.25. The van der Waals surface area contributed by atoms with E-state index >= 15 is 14.4 Å². The quantitative estimate of drug-likeness (QED) is 0.0300. The minimum absolute atomic E-state index is 0.000865. The lowest BCUT2D eigenvalue weighted by molar-refractivity contribution is -0.141. The molecule has 9 atom stereocenters. The molecule has 0 radical (unpaired) electrons. The molecule has 0 bridgehead atoms. The number of carbonyl (C=O) groups excluding carboxylic acids is 11. The van der Waals surface area contributed by atoms with Crippen LogP contribution in [0.25, 0.3) is 10.9 Å². The van der Waals surface area contributed by atoms with E-state index in [1.165, 1.54) is 13.8 Å². The van der Waals surface area contributed by atoms with Gasteiger partial charge in [0.15, 0.2) is 17.5 Å². The van der Waals surface area contributed by atoms with Crippen LogP contribution in [0.15, 0.2) is 54.8 Å². The zero-order valence-corrected chi connectivity index (χ0v) is 58.7. The SMILES string of the molecule is CC(=O)CN[C@]1(C)CCC/C=C\CCC[C@@]2(CCCC=CCCCCCC[C@@](C)(C(C)=O)NN[C@@H](CC(C)C)C(=O)C(=O)[C@H](CC(C)C)NC(=O)C(CCCNC(=N)N)NC(=O)[C@H](Cc3c[nH]c4ccccc34)NC(=O)C(CC(C)C)NC(=O)[C@H](CC(N)=O)NC2=O)NCC1=O. The molecule has 2 aliphatic rings. The Morgan fingerprint density at radius 2 is 1.14 bits per heavy atom. The number of nitrogens with one attached hydrogen (secondary N) is 12. The third-order valence-electron chi connectivity index (χ3n) is 18.1. The molecule has 25 heteroatoms. The number of hydrazine groups is 1. The van der Waals surface area contributed by atoms with Gasteiger partial charge in [-0.15, -0.1) is 0 Å². The van der Waals surface area contributed by atoms with E-state index in [1.807, 2.05) is 84.0 Å². The van der Waals surface area contributed by atoms with Crippen LogP contribution in [0.4, 0.5) is 0 Å². The summed E-state index contributed by atoms with van der Waals surface area (Å²) in [7, 11) is 0. The average molecular weight is 1340 g/mol. The molecule has 0 fully saturated rings. The van der Waals surface area contributed by atoms with Crippen LogP contribution in [0.3, 0.4) is 0 Å². The van der Waals surface area contributed by atoms with Crippen molar-refractivity contribution in [2.45, 2.75) is 263 Å². The van der Waals surface area contributed by atoms with Crippen molar-refractivity contribution in [1.29, 1.82) is 5.41 Å². The van der Waals surface area contributed by atoms with Crippen molar-refractivity contribution in [3.05, 3.63) is 60.3 Å². The van der Waals surface area contributed by atoms with Gasteiger partial charge in [0.2, 0.25) is 47.0 Å². The van der Waals surface area contributed by atoms with Gasteiger partial charge in [-0.3, -0.25) is 68.8 Å². The van der Waals surface area contributed by atoms with Crippen LogP contribution in [0, 0.1) is 23.2 Å². The number of aromatic amines is 1. The van der Waals surface area contributed by atoms with E-state index in [9.17, 15) is 38.4 Å². The maximum absolute atomic E-state index is 15.4. The fourth-order valence-corrected chi connectivity index (χ4v) is 12.2. The van der Waals surface area contributed by atoms with Crippen molar-refractivity contribution in [2.75, 3.05) is 19.6 Å². The molecule has 6 amide bonds. The van der Waals surface area contributed by atoms with Crippen molar-refractivity contribution in [2.24, 2.45) is 29.2 Å². The highest BCUT2D eigenvalue weighted by Crippen LogP contribution is 2.27. The molecule has 0 saturated carbocycles. The first-order valence-electron chi connectivity index (χ1n) is 34.8. The van der Waals surface area contributed by atoms with Gasteiger partial charge in [0.1, 0.15) is 30.0 Å². The van der Waals surface area contributed by atoms with Crippen LogP contribution in [-0.2, 0) is 59.2 Å². The van der Waals surface area contributed by atoms with Gasteiger partial charge in [-0.1, -0.05) is 103 Å². The first-order chi connectivity index (χ1) is 45.4. The summed E-state index contributed by atoms with van der Waals surface area (Å²) in [6.45, 7) is 17.3. The van der Waals surface area contributed by atoms with E-state index < -0.39 is 106 Å². The van der Waals surface area contributed by atoms with Gasteiger partial charge in [-0.25, -0.2) is 10.9 Å². The van der Waals surface area contributed by atoms with Crippen LogP contribution in [0.1, 0.15) is 210 Å². The van der Waals surface area contributed by atoms with Gasteiger partial charge in [-0.2, -0.15) is 0 Å². The highest BCUT2D eigenvalue weighted by Gasteiger charge is 2.43. The molecule has 4 rings (SSSR count). The number of amides is 6. The highest BCUT2D eigenvalue weighted by molar-refractivity contribution is 6.41. The maximum atomic E-state index is 15.4. The Morgan fingerprint density at radius 1 is 0.615 bits per heavy atom. The number of ketones is 5. The van der Waals surface area contributed by atoms with Gasteiger partial charge in [-0.05, 0) is 166 Å². The number of primary amides is 1. The number of benzene rings is 1. The Labute approximate surface area is 568 Å². The third kappa shape index (κ3) is 27.2. The lowest BCUT2D eigenvalue weighted by atomic mass is 9.84. The van der Waals surface area contributed by atoms with Crippen molar-refractivity contribution in [3.63, 3.8) is 0 Å². The molecular formula is C71H114N14O11. The number of nitrogens with two attached hydrogens (primary N) is 2. The van der Waals surface area contributed by atoms with E-state index in [0.29, 0.717) is 63.4 Å². The number of carbonyl (C=O) groups is 11. The normalized spacial score (nSPS) is 26.9. The Bertz CT molecular complexity index is 3030. The van der Waals surface area contributed by atoms with Crippen molar-refractivity contribution >= 4 is 81.2 Å². The lowest BCUT2D eigenvalue weighted by Gasteiger charge is -2.37. The van der Waals surface area contributed by atoms with Crippen molar-refractivity contribution < 1.29 is 52.7 Å². The van der Waals surface area contributed by atoms with E-state index in [0.717, 1.165) is 36.6 Å². The summed E-state index contributed by atoms with van der Waals surface area (Å²) in [5.41, 5.74) is 15.2. The maximum Gasteiger partial charge on any atom is 0.243 e. The van der Waals surface area contributed by atoms with Crippen LogP contribution in [0.2, 0.25) is 0 Å². The predicted octanol–water partition coefficient (Wildman–Crippen LogP) is 5.19. The third-order valence-corrected chi connectivity index (χ3v) is 18.1. The molecule has 1 aromatic heterocycles. The van der Waals surface area contributed by atoms with Crippen LogP contribution >= 0.6 is 0 Å². The first-order valence-corrected chi connectivity index (χ1v) is 34.8. The number of guanidine groups is 1. The van der Waals surface area contributed by atoms with Crippen molar-refractivity contribution in [1.82, 2.24) is 58.4 Å². The Hall–Kier alpha value is -7.48. The number of allylic oxidation sites excluding steroid dienone is 4. The molecule has 0 saturated heterocycles. The Balaban J connectivity index is 1.88. The molecule has 96 heavy (non-hydrogen) atoms. The van der Waals surface area contributed by atoms with E-state index in [-0.39, 0.29) is 112 Å². The summed E-state index contributed by atoms with van der Waals surface area (Å²) in [6.07, 6.45) is 17.9. The minimum Gasteiger partial charge on any atom is -0.370 e. The summed E-state index contributed by atoms with van der Waals surface area (Å²) in [5, 5.41) is 31.8. The molecule has 1 aromatic carbocycles. The molecule has 0 aliphatic carbocycles. The van der Waals surface area contributed by atoms with E-state index in [1.54, 1.807) is 20.0 Å². The molecule has 2 aromatic rings. The fourth-order valence-electron chi connectivity index (χ4n) is 12.2. The monoisotopic (exact) mass is 1340 g/mol. The second-order valence-electron chi connectivity index (χ2n) is 28.1. The summed E-state index contributed by atoms with van der Waals surface area (Å²) in [6, 6.07) is -1.05. The summed E-state index contributed by atoms with van der Waals surface area (Å²) >= 11 is 0. The van der Waals surface area contributed by atoms with Gasteiger partial charge in [0.25, 0.3) is 0 Å². The molecule has 16 N–H and O–H groups in total. The van der Waals surface area contributed by atoms with Crippen LogP contribution in [0.5, 0.6) is 0 Å². The molecule has 534 valence electrons. The van der Waals surface area contributed by atoms with E-state index in [2.05, 4.69) is 64.4 Å². The topological polar surface area (TPSA) is 400 Å². The van der Waals surface area contributed by atoms with Gasteiger partial charge in [0, 0.05) is 30.1 Å². The molecule has 2 aliphatic heterocycles. The molecule has 1 spiro atoms. The number of hydrogen-bond acceptors (Lipinski definition) is 16. The standard InChI is InChI=1S/C71H114N14O11/c1-45(2)37-54-61(90)62(91)55(38-46(3)4)84-85-69(9,49(8)87)32-24-18-14-12-11-13-15-20-26-34-71(35-27-21-17-16-19-25-33-70(10,59(88)44-78-71)77-42-48(7)86)67(96)83-58(41-60(72)89)66(95)81-56(39-47(5)6)64(93)82-57(40-50-43-76-52-30-23-22-29-51(50)52)65(94)79-53(63(92)80-54)31-28-36-75-68(73)74/h13,15-17,22-23,29-30,43,45-47,53-58,76-78,84-85H,11-12,14,18-21,24-28,31-42,44H2,1-10H3,(H2,72,89)(H,79,94)(H,80,92)(H,81,95)(H,82,93)(H,83,96)(H4,73,74,75)/b15-13?,17-16-/t53?,54-,55-,56?,57-,58-,69-,70+,71+/m0/s1. The minimum atomic E-state index is -1.63. The van der Waals surface area contributed by atoms with Gasteiger partial charge in [0.05, 0.1) is 48.2 Å². The number of rotatable bonds is 18. The number of fused-ring (bicyclic) bond motifs is 1. The number of H-pyrrole nitrogens is 1. The van der Waals surface area contributed by atoms with Gasteiger partial charge < -0.3 is 48.4 Å². The van der Waals surface area contributed by atoms with Crippen LogP contribution < -0.4 is 64.9 Å². The number of Topliss-reactive ketones (excluding diaryl/α,β-unsaturated/α-hetero) is 5. The smallest absolute Gasteiger partial charge is 0.243 e. The van der Waals surface area contributed by atoms with E-state index in [4.69, 9.17) is 16.9 Å². The Morgan fingerprint density at radius 3 is 1.74 bits per heavy atom.